The summed E-state index contributed by atoms with van der Waals surface area (Å²) in [5, 5.41) is 0. The zero-order valence-corrected chi connectivity index (χ0v) is 16.2. The molecule has 0 N–H and O–H groups in total. The van der Waals surface area contributed by atoms with Gasteiger partial charge in [-0.25, -0.2) is 4.79 Å². The van der Waals surface area contributed by atoms with Crippen LogP contribution in [0, 0.1) is 46.3 Å². The van der Waals surface area contributed by atoms with Gasteiger partial charge in [0.05, 0.1) is 12.5 Å². The molecule has 1 aliphatic heterocycles. The molecule has 7 rings (SSSR count). The SMILES string of the molecule is C=CC(=O)OC1(C)C2CC3CC1CC(C14CCC(C1)C1COC(=O)C14)(C3)C2. The lowest BCUT2D eigenvalue weighted by Gasteiger charge is -2.68. The zero-order chi connectivity index (χ0) is 18.6. The summed E-state index contributed by atoms with van der Waals surface area (Å²) in [7, 11) is 0. The maximum Gasteiger partial charge on any atom is 0.330 e. The van der Waals surface area contributed by atoms with Gasteiger partial charge in [-0.2, -0.15) is 0 Å². The fourth-order valence-corrected chi connectivity index (χ4v) is 9.38. The molecule has 4 nitrogen and oxygen atoms in total. The Morgan fingerprint density at radius 3 is 2.67 bits per heavy atom. The molecule has 0 radical (unpaired) electrons. The van der Waals surface area contributed by atoms with Crippen molar-refractivity contribution < 1.29 is 19.1 Å². The van der Waals surface area contributed by atoms with Crippen LogP contribution in [-0.2, 0) is 19.1 Å². The van der Waals surface area contributed by atoms with E-state index in [0.29, 0.717) is 30.3 Å². The standard InChI is InChI=1S/C23H30O4/c1-3-18(24)27-21(2)15-6-13-7-16(21)11-22(8-13,10-15)23-5-4-14(9-23)17-12-26-20(25)19(17)23/h3,13-17,19H,1,4-12H2,2H3. The summed E-state index contributed by atoms with van der Waals surface area (Å²) in [6, 6.07) is 0. The minimum absolute atomic E-state index is 0.0961. The van der Waals surface area contributed by atoms with Gasteiger partial charge in [0.25, 0.3) is 0 Å². The van der Waals surface area contributed by atoms with E-state index in [-0.39, 0.29) is 34.3 Å². The van der Waals surface area contributed by atoms with Gasteiger partial charge in [-0.15, -0.1) is 0 Å². The second-order valence-corrected chi connectivity index (χ2v) is 10.9. The van der Waals surface area contributed by atoms with E-state index in [1.807, 2.05) is 0 Å². The number of fused-ring (bicyclic) bond motifs is 5. The molecule has 27 heavy (non-hydrogen) atoms. The van der Waals surface area contributed by atoms with Gasteiger partial charge >= 0.3 is 11.9 Å². The first-order valence-corrected chi connectivity index (χ1v) is 10.9. The Labute approximate surface area is 161 Å². The molecule has 6 saturated carbocycles. The Bertz CT molecular complexity index is 725. The highest BCUT2D eigenvalue weighted by Crippen LogP contribution is 2.78. The van der Waals surface area contributed by atoms with Gasteiger partial charge in [0, 0.05) is 12.0 Å². The summed E-state index contributed by atoms with van der Waals surface area (Å²) in [5.74, 6) is 2.73. The smallest absolute Gasteiger partial charge is 0.330 e. The summed E-state index contributed by atoms with van der Waals surface area (Å²) in [5.41, 5.74) is 0.0743. The van der Waals surface area contributed by atoms with E-state index in [1.165, 1.54) is 44.6 Å². The minimum Gasteiger partial charge on any atom is -0.465 e. The first-order chi connectivity index (χ1) is 12.9. The van der Waals surface area contributed by atoms with Crippen LogP contribution in [0.1, 0.15) is 58.3 Å². The molecule has 7 fully saturated rings. The van der Waals surface area contributed by atoms with Crippen LogP contribution in [-0.4, -0.2) is 24.1 Å². The molecule has 4 heteroatoms. The van der Waals surface area contributed by atoms with Crippen molar-refractivity contribution in [1.29, 1.82) is 0 Å². The van der Waals surface area contributed by atoms with Crippen LogP contribution in [0.15, 0.2) is 12.7 Å². The number of rotatable bonds is 3. The van der Waals surface area contributed by atoms with Crippen molar-refractivity contribution in [3.63, 3.8) is 0 Å². The van der Waals surface area contributed by atoms with E-state index in [2.05, 4.69) is 13.5 Å². The Balaban J connectivity index is 1.39. The van der Waals surface area contributed by atoms with Gasteiger partial charge in [-0.1, -0.05) is 6.58 Å². The van der Waals surface area contributed by atoms with Crippen LogP contribution in [0.2, 0.25) is 0 Å². The highest BCUT2D eigenvalue weighted by molar-refractivity contribution is 5.81. The number of esters is 2. The third-order valence-electron chi connectivity index (χ3n) is 10.2. The number of carbonyl (C=O) groups excluding carboxylic acids is 2. The van der Waals surface area contributed by atoms with Crippen molar-refractivity contribution in [3.8, 4) is 0 Å². The normalized spacial score (nSPS) is 56.9. The predicted octanol–water partition coefficient (Wildman–Crippen LogP) is 3.89. The number of hydrogen-bond donors (Lipinski definition) is 0. The van der Waals surface area contributed by atoms with Crippen molar-refractivity contribution >= 4 is 11.9 Å². The lowest BCUT2D eigenvalue weighted by Crippen LogP contribution is -2.65. The Morgan fingerprint density at radius 1 is 1.22 bits per heavy atom. The van der Waals surface area contributed by atoms with Gasteiger partial charge in [0.1, 0.15) is 5.60 Å². The van der Waals surface area contributed by atoms with Crippen molar-refractivity contribution in [2.24, 2.45) is 46.3 Å². The molecule has 6 bridgehead atoms. The second-order valence-electron chi connectivity index (χ2n) is 10.9. The largest absolute Gasteiger partial charge is 0.465 e. The van der Waals surface area contributed by atoms with Crippen molar-refractivity contribution in [3.05, 3.63) is 12.7 Å². The lowest BCUT2D eigenvalue weighted by molar-refractivity contribution is -0.241. The number of carbonyl (C=O) groups is 2. The molecule has 0 amide bonds. The van der Waals surface area contributed by atoms with E-state index in [9.17, 15) is 9.59 Å². The summed E-state index contributed by atoms with van der Waals surface area (Å²) in [4.78, 5) is 24.8. The number of cyclic esters (lactones) is 1. The van der Waals surface area contributed by atoms with Crippen molar-refractivity contribution in [2.75, 3.05) is 6.61 Å². The molecule has 1 heterocycles. The van der Waals surface area contributed by atoms with Crippen molar-refractivity contribution in [1.82, 2.24) is 0 Å². The number of hydrogen-bond acceptors (Lipinski definition) is 4. The highest BCUT2D eigenvalue weighted by Gasteiger charge is 2.75. The number of ether oxygens (including phenoxy) is 2. The third kappa shape index (κ3) is 1.81. The Hall–Kier alpha value is -1.32. The molecular formula is C23H30O4. The fraction of sp³-hybridized carbons (Fsp3) is 0.826. The fourth-order valence-electron chi connectivity index (χ4n) is 9.38. The van der Waals surface area contributed by atoms with Crippen molar-refractivity contribution in [2.45, 2.75) is 63.9 Å². The monoisotopic (exact) mass is 370 g/mol. The van der Waals surface area contributed by atoms with Crippen LogP contribution in [0.3, 0.4) is 0 Å². The third-order valence-corrected chi connectivity index (χ3v) is 10.2. The molecule has 0 spiro atoms. The highest BCUT2D eigenvalue weighted by atomic mass is 16.6. The lowest BCUT2D eigenvalue weighted by atomic mass is 9.37. The molecule has 6 unspecified atom stereocenters. The van der Waals surface area contributed by atoms with Gasteiger partial charge in [0.2, 0.25) is 0 Å². The molecule has 0 aromatic heterocycles. The quantitative estimate of drug-likeness (QED) is 0.559. The zero-order valence-electron chi connectivity index (χ0n) is 16.2. The average molecular weight is 370 g/mol. The van der Waals surface area contributed by atoms with E-state index in [0.717, 1.165) is 18.8 Å². The molecule has 1 saturated heterocycles. The maximum atomic E-state index is 12.8. The molecule has 0 aromatic carbocycles. The van der Waals surface area contributed by atoms with Crippen LogP contribution < -0.4 is 0 Å². The van der Waals surface area contributed by atoms with E-state index in [1.54, 1.807) is 0 Å². The maximum absolute atomic E-state index is 12.8. The first-order valence-electron chi connectivity index (χ1n) is 10.9. The first kappa shape index (κ1) is 16.6. The van der Waals surface area contributed by atoms with Gasteiger partial charge < -0.3 is 9.47 Å². The predicted molar refractivity (Wildman–Crippen MR) is 98.4 cm³/mol. The topological polar surface area (TPSA) is 52.6 Å². The molecule has 146 valence electrons. The summed E-state index contributed by atoms with van der Waals surface area (Å²) in [6.07, 6.45) is 10.9. The van der Waals surface area contributed by atoms with E-state index >= 15 is 0 Å². The van der Waals surface area contributed by atoms with E-state index in [4.69, 9.17) is 9.47 Å². The minimum atomic E-state index is -0.353. The summed E-state index contributed by atoms with van der Waals surface area (Å²) < 4.78 is 11.6. The summed E-state index contributed by atoms with van der Waals surface area (Å²) >= 11 is 0. The average Bonchev–Trinajstić information content (AvgIpc) is 3.32. The van der Waals surface area contributed by atoms with Gasteiger partial charge in [-0.05, 0) is 92.8 Å². The molecular weight excluding hydrogens is 340 g/mol. The Kier molecular flexibility index (Phi) is 3.07. The van der Waals surface area contributed by atoms with Crippen LogP contribution in [0.5, 0.6) is 0 Å². The molecule has 6 aliphatic carbocycles. The van der Waals surface area contributed by atoms with Crippen LogP contribution in [0.4, 0.5) is 0 Å². The Morgan fingerprint density at radius 2 is 1.96 bits per heavy atom. The molecule has 0 aromatic rings. The van der Waals surface area contributed by atoms with Crippen LogP contribution in [0.25, 0.3) is 0 Å². The van der Waals surface area contributed by atoms with Gasteiger partial charge in [-0.3, -0.25) is 4.79 Å². The summed E-state index contributed by atoms with van der Waals surface area (Å²) in [6.45, 7) is 6.44. The molecule has 6 atom stereocenters. The molecule has 7 aliphatic rings. The van der Waals surface area contributed by atoms with Crippen LogP contribution >= 0.6 is 0 Å². The second kappa shape index (κ2) is 4.99. The van der Waals surface area contributed by atoms with Gasteiger partial charge in [0.15, 0.2) is 0 Å². The van der Waals surface area contributed by atoms with E-state index < -0.39 is 0 Å².